The molecule has 0 aliphatic carbocycles. The number of amides is 1. The molecule has 0 fully saturated rings. The Morgan fingerprint density at radius 3 is 2.94 bits per heavy atom. The lowest BCUT2D eigenvalue weighted by atomic mass is 10.3. The summed E-state index contributed by atoms with van der Waals surface area (Å²) < 4.78 is 4.84. The Hall–Kier alpha value is -1.40. The van der Waals surface area contributed by atoms with Gasteiger partial charge in [0.25, 0.3) is 0 Å². The Balaban J connectivity index is 2.11. The number of carbonyl (C=O) groups is 2. The third-order valence-electron chi connectivity index (χ3n) is 2.09. The van der Waals surface area contributed by atoms with Crippen LogP contribution in [0.2, 0.25) is 0 Å². The molecule has 0 saturated heterocycles. The summed E-state index contributed by atoms with van der Waals surface area (Å²) in [5, 5.41) is 13.2. The van der Waals surface area contributed by atoms with E-state index in [0.29, 0.717) is 6.54 Å². The maximum Gasteiger partial charge on any atom is 0.332 e. The molecule has 0 unspecified atom stereocenters. The number of rotatable bonds is 7. The van der Waals surface area contributed by atoms with Crippen molar-refractivity contribution in [3.8, 4) is 0 Å². The van der Waals surface area contributed by atoms with Crippen molar-refractivity contribution in [2.45, 2.75) is 19.4 Å². The van der Waals surface area contributed by atoms with Crippen LogP contribution in [0.5, 0.6) is 0 Å². The molecular formula is C11H15NO4S. The number of ether oxygens (including phenoxy) is 1. The van der Waals surface area contributed by atoms with Crippen LogP contribution in [0.3, 0.4) is 0 Å². The molecule has 2 N–H and O–H groups in total. The van der Waals surface area contributed by atoms with E-state index in [1.165, 1.54) is 11.8 Å². The van der Waals surface area contributed by atoms with E-state index in [9.17, 15) is 9.59 Å². The summed E-state index contributed by atoms with van der Waals surface area (Å²) in [4.78, 5) is 22.9. The quantitative estimate of drug-likeness (QED) is 0.761. The standard InChI is InChI=1S/C11H15NO4S/c1-8(11(14)15)16-7-10(13)12-5-4-9-3-2-6-17-9/h2-3,6,8H,4-5,7H2,1H3,(H,12,13)(H,14,15)/t8-/m0/s1. The van der Waals surface area contributed by atoms with Crippen molar-refractivity contribution in [3.63, 3.8) is 0 Å². The number of nitrogens with one attached hydrogen (secondary N) is 1. The lowest BCUT2D eigenvalue weighted by Crippen LogP contribution is -2.32. The van der Waals surface area contributed by atoms with Crippen LogP contribution >= 0.6 is 11.3 Å². The van der Waals surface area contributed by atoms with Crippen molar-refractivity contribution in [2.24, 2.45) is 0 Å². The Bertz CT molecular complexity index is 364. The zero-order valence-electron chi connectivity index (χ0n) is 9.51. The molecule has 0 bridgehead atoms. The van der Waals surface area contributed by atoms with Gasteiger partial charge in [-0.25, -0.2) is 4.79 Å². The first-order chi connectivity index (χ1) is 8.09. The average molecular weight is 257 g/mol. The monoisotopic (exact) mass is 257 g/mol. The summed E-state index contributed by atoms with van der Waals surface area (Å²) in [6.45, 7) is 1.70. The zero-order valence-corrected chi connectivity index (χ0v) is 10.3. The van der Waals surface area contributed by atoms with Gasteiger partial charge in [-0.1, -0.05) is 6.07 Å². The number of aliphatic carboxylic acids is 1. The maximum atomic E-state index is 11.3. The van der Waals surface area contributed by atoms with E-state index >= 15 is 0 Å². The highest BCUT2D eigenvalue weighted by Crippen LogP contribution is 2.07. The van der Waals surface area contributed by atoms with Gasteiger partial charge < -0.3 is 15.2 Å². The van der Waals surface area contributed by atoms with Gasteiger partial charge in [-0.3, -0.25) is 4.79 Å². The molecule has 0 aliphatic heterocycles. The van der Waals surface area contributed by atoms with Gasteiger partial charge in [0.15, 0.2) is 6.10 Å². The van der Waals surface area contributed by atoms with Crippen LogP contribution in [0.15, 0.2) is 17.5 Å². The lowest BCUT2D eigenvalue weighted by molar-refractivity contribution is -0.150. The topological polar surface area (TPSA) is 75.6 Å². The molecule has 17 heavy (non-hydrogen) atoms. The molecule has 0 aliphatic rings. The molecule has 0 spiro atoms. The van der Waals surface area contributed by atoms with Crippen LogP contribution in [-0.2, 0) is 20.7 Å². The number of carboxylic acid groups (broad SMARTS) is 1. The van der Waals surface area contributed by atoms with E-state index in [2.05, 4.69) is 5.32 Å². The highest BCUT2D eigenvalue weighted by Gasteiger charge is 2.12. The largest absolute Gasteiger partial charge is 0.479 e. The number of carboxylic acids is 1. The first-order valence-corrected chi connectivity index (χ1v) is 6.11. The molecule has 0 radical (unpaired) electrons. The minimum atomic E-state index is -1.07. The van der Waals surface area contributed by atoms with Gasteiger partial charge in [-0.15, -0.1) is 11.3 Å². The molecule has 1 aromatic rings. The normalized spacial score (nSPS) is 12.1. The third kappa shape index (κ3) is 5.46. The van der Waals surface area contributed by atoms with Crippen LogP contribution < -0.4 is 5.32 Å². The van der Waals surface area contributed by atoms with Gasteiger partial charge in [-0.05, 0) is 24.8 Å². The summed E-state index contributed by atoms with van der Waals surface area (Å²) in [6, 6.07) is 3.96. The molecule has 0 aromatic carbocycles. The second-order valence-corrected chi connectivity index (χ2v) is 4.50. The minimum absolute atomic E-state index is 0.224. The highest BCUT2D eigenvalue weighted by atomic mass is 32.1. The highest BCUT2D eigenvalue weighted by molar-refractivity contribution is 7.09. The van der Waals surface area contributed by atoms with E-state index in [1.54, 1.807) is 11.3 Å². The van der Waals surface area contributed by atoms with Crippen molar-refractivity contribution < 1.29 is 19.4 Å². The van der Waals surface area contributed by atoms with Crippen LogP contribution in [-0.4, -0.2) is 36.2 Å². The summed E-state index contributed by atoms with van der Waals surface area (Å²) in [6.07, 6.45) is -0.184. The van der Waals surface area contributed by atoms with Crippen LogP contribution in [0, 0.1) is 0 Å². The van der Waals surface area contributed by atoms with Crippen molar-refractivity contribution in [2.75, 3.05) is 13.2 Å². The van der Waals surface area contributed by atoms with Crippen molar-refractivity contribution in [1.82, 2.24) is 5.32 Å². The van der Waals surface area contributed by atoms with Crippen molar-refractivity contribution in [1.29, 1.82) is 0 Å². The molecule has 1 heterocycles. The minimum Gasteiger partial charge on any atom is -0.479 e. The fourth-order valence-electron chi connectivity index (χ4n) is 1.10. The summed E-state index contributed by atoms with van der Waals surface area (Å²) in [5.74, 6) is -1.37. The van der Waals surface area contributed by atoms with Gasteiger partial charge in [0.1, 0.15) is 6.61 Å². The molecule has 1 rings (SSSR count). The van der Waals surface area contributed by atoms with Crippen molar-refractivity contribution in [3.05, 3.63) is 22.4 Å². The van der Waals surface area contributed by atoms with Gasteiger partial charge in [-0.2, -0.15) is 0 Å². The van der Waals surface area contributed by atoms with E-state index in [-0.39, 0.29) is 12.5 Å². The van der Waals surface area contributed by atoms with E-state index in [4.69, 9.17) is 9.84 Å². The molecule has 1 amide bonds. The second kappa shape index (κ2) is 7.03. The number of hydrogen-bond acceptors (Lipinski definition) is 4. The first-order valence-electron chi connectivity index (χ1n) is 5.23. The molecule has 1 atom stereocenters. The van der Waals surface area contributed by atoms with Gasteiger partial charge in [0, 0.05) is 11.4 Å². The Morgan fingerprint density at radius 1 is 1.59 bits per heavy atom. The maximum absolute atomic E-state index is 11.3. The predicted molar refractivity (Wildman–Crippen MR) is 64.1 cm³/mol. The zero-order chi connectivity index (χ0) is 12.7. The number of carbonyl (C=O) groups excluding carboxylic acids is 1. The fraction of sp³-hybridized carbons (Fsp3) is 0.455. The first kappa shape index (κ1) is 13.7. The Labute approximate surface area is 103 Å². The number of hydrogen-bond donors (Lipinski definition) is 2. The lowest BCUT2D eigenvalue weighted by Gasteiger charge is -2.08. The summed E-state index contributed by atoms with van der Waals surface area (Å²) >= 11 is 1.64. The SMILES string of the molecule is C[C@H](OCC(=O)NCCc1cccs1)C(=O)O. The Kier molecular flexibility index (Phi) is 5.65. The molecule has 6 heteroatoms. The van der Waals surface area contributed by atoms with Crippen molar-refractivity contribution >= 4 is 23.2 Å². The van der Waals surface area contributed by atoms with E-state index in [0.717, 1.165) is 6.42 Å². The Morgan fingerprint density at radius 2 is 2.35 bits per heavy atom. The van der Waals surface area contributed by atoms with Gasteiger partial charge in [0.2, 0.25) is 5.91 Å². The second-order valence-electron chi connectivity index (χ2n) is 3.47. The summed E-state index contributed by atoms with van der Waals surface area (Å²) in [7, 11) is 0. The molecule has 5 nitrogen and oxygen atoms in total. The average Bonchev–Trinajstić information content (AvgIpc) is 2.78. The molecular weight excluding hydrogens is 242 g/mol. The smallest absolute Gasteiger partial charge is 0.332 e. The van der Waals surface area contributed by atoms with Crippen LogP contribution in [0.1, 0.15) is 11.8 Å². The number of thiophene rings is 1. The predicted octanol–water partition coefficient (Wildman–Crippen LogP) is 0.896. The van der Waals surface area contributed by atoms with Gasteiger partial charge in [0.05, 0.1) is 0 Å². The van der Waals surface area contributed by atoms with Crippen LogP contribution in [0.4, 0.5) is 0 Å². The fourth-order valence-corrected chi connectivity index (χ4v) is 1.81. The molecule has 94 valence electrons. The summed E-state index contributed by atoms with van der Waals surface area (Å²) in [5.41, 5.74) is 0. The van der Waals surface area contributed by atoms with E-state index < -0.39 is 12.1 Å². The third-order valence-corrected chi connectivity index (χ3v) is 3.02. The molecule has 1 aromatic heterocycles. The molecule has 0 saturated carbocycles. The van der Waals surface area contributed by atoms with Gasteiger partial charge >= 0.3 is 5.97 Å². The van der Waals surface area contributed by atoms with E-state index in [1.807, 2.05) is 17.5 Å². The van der Waals surface area contributed by atoms with Crippen LogP contribution in [0.25, 0.3) is 0 Å².